The number of hydrogen-bond acceptors (Lipinski definition) is 6. The number of hydrogen-bond donors (Lipinski definition) is 2. The molecule has 2 rings (SSSR count). The smallest absolute Gasteiger partial charge is 0.305 e. The molecule has 0 radical (unpaired) electrons. The van der Waals surface area contributed by atoms with Crippen LogP contribution in [-0.2, 0) is 18.6 Å². The first-order chi connectivity index (χ1) is 13.3. The van der Waals surface area contributed by atoms with Crippen LogP contribution in [0.25, 0.3) is 0 Å². The molecule has 0 bridgehead atoms. The van der Waals surface area contributed by atoms with E-state index in [1.54, 1.807) is 14.0 Å². The molecule has 1 aliphatic heterocycles. The van der Waals surface area contributed by atoms with E-state index in [9.17, 15) is 5.11 Å². The lowest BCUT2D eigenvalue weighted by molar-refractivity contribution is -0.181. The van der Waals surface area contributed by atoms with Crippen molar-refractivity contribution in [1.82, 2.24) is 0 Å². The molecule has 1 unspecified atom stereocenters. The second kappa shape index (κ2) is 8.75. The zero-order valence-corrected chi connectivity index (χ0v) is 20.2. The summed E-state index contributed by atoms with van der Waals surface area (Å²) in [6.07, 6.45) is -0.905. The molecule has 0 aromatic heterocycles. The number of methoxy groups -OCH3 is 1. The molecule has 1 aliphatic rings. The van der Waals surface area contributed by atoms with Gasteiger partial charge < -0.3 is 29.1 Å². The molecule has 0 aliphatic carbocycles. The minimum absolute atomic E-state index is 0.228. The summed E-state index contributed by atoms with van der Waals surface area (Å²) in [6.45, 7) is 14.0. The van der Waals surface area contributed by atoms with Crippen molar-refractivity contribution in [1.29, 1.82) is 0 Å². The van der Waals surface area contributed by atoms with Crippen molar-refractivity contribution >= 4 is 13.7 Å². The average Bonchev–Trinajstić information content (AvgIpc) is 2.94. The molecular formula is C22H39NO5Si. The third kappa shape index (κ3) is 5.28. The van der Waals surface area contributed by atoms with Gasteiger partial charge in [0.2, 0.25) is 0 Å². The molecule has 29 heavy (non-hydrogen) atoms. The normalized spacial score (nSPS) is 27.2. The fraction of sp³-hybridized carbons (Fsp3) is 0.727. The summed E-state index contributed by atoms with van der Waals surface area (Å²) in [5.74, 6) is -0.799. The van der Waals surface area contributed by atoms with Gasteiger partial charge in [-0.05, 0) is 37.4 Å². The largest absolute Gasteiger partial charge is 0.397 e. The Bertz CT molecular complexity index is 661. The standard InChI is InChI=1S/C22H39NO5Si/c1-9-22(7,24)19(25-8)18-17(27-21(5,6)28-18)15-26-29(23,20(2,3)4)16-13-11-10-12-14-16/h10-14,17-19,24H,9,15,23H2,1-8H3/t17-,18-,19+,22-,29?/m0/s1. The minimum atomic E-state index is -2.81. The predicted molar refractivity (Wildman–Crippen MR) is 117 cm³/mol. The molecule has 0 spiro atoms. The van der Waals surface area contributed by atoms with Crippen LogP contribution in [0.4, 0.5) is 0 Å². The molecule has 5 atom stereocenters. The third-order valence-electron chi connectivity index (χ3n) is 5.89. The summed E-state index contributed by atoms with van der Waals surface area (Å²) in [5, 5.41) is 18.6. The van der Waals surface area contributed by atoms with E-state index in [1.165, 1.54) is 0 Å². The lowest BCUT2D eigenvalue weighted by Gasteiger charge is -2.40. The van der Waals surface area contributed by atoms with Crippen molar-refractivity contribution in [3.05, 3.63) is 30.3 Å². The molecule has 7 heteroatoms. The Morgan fingerprint density at radius 1 is 1.17 bits per heavy atom. The first-order valence-corrected chi connectivity index (χ1v) is 12.3. The van der Waals surface area contributed by atoms with Crippen LogP contribution in [0.2, 0.25) is 5.04 Å². The molecule has 6 nitrogen and oxygen atoms in total. The van der Waals surface area contributed by atoms with Crippen molar-refractivity contribution in [2.24, 2.45) is 5.40 Å². The van der Waals surface area contributed by atoms with E-state index in [4.69, 9.17) is 24.0 Å². The van der Waals surface area contributed by atoms with Gasteiger partial charge in [0.25, 0.3) is 0 Å². The van der Waals surface area contributed by atoms with Crippen LogP contribution in [0.1, 0.15) is 54.9 Å². The SMILES string of the molecule is CC[C@](C)(O)[C@H](OC)[C@H]1OC(C)(C)O[C@H]1CO[Si](N)(c1ccccc1)C(C)(C)C. The molecule has 1 aromatic carbocycles. The highest BCUT2D eigenvalue weighted by molar-refractivity contribution is 6.86. The average molecular weight is 426 g/mol. The summed E-state index contributed by atoms with van der Waals surface area (Å²) in [5.41, 5.74) is -1.05. The minimum Gasteiger partial charge on any atom is -0.397 e. The van der Waals surface area contributed by atoms with Gasteiger partial charge in [0, 0.05) is 7.11 Å². The van der Waals surface area contributed by atoms with Gasteiger partial charge >= 0.3 is 8.48 Å². The van der Waals surface area contributed by atoms with E-state index in [1.807, 2.05) is 51.1 Å². The van der Waals surface area contributed by atoms with Gasteiger partial charge in [-0.2, -0.15) is 0 Å². The highest BCUT2D eigenvalue weighted by atomic mass is 28.4. The van der Waals surface area contributed by atoms with Gasteiger partial charge in [-0.25, -0.2) is 0 Å². The summed E-state index contributed by atoms with van der Waals surface area (Å²) < 4.78 is 24.5. The fourth-order valence-electron chi connectivity index (χ4n) is 3.82. The number of benzene rings is 1. The van der Waals surface area contributed by atoms with Crippen LogP contribution in [0.5, 0.6) is 0 Å². The highest BCUT2D eigenvalue weighted by Gasteiger charge is 2.52. The van der Waals surface area contributed by atoms with Crippen LogP contribution in [-0.4, -0.2) is 57.0 Å². The van der Waals surface area contributed by atoms with E-state index < -0.39 is 38.2 Å². The first kappa shape index (κ1) is 24.5. The number of rotatable bonds is 8. The summed E-state index contributed by atoms with van der Waals surface area (Å²) in [6, 6.07) is 10.0. The van der Waals surface area contributed by atoms with Gasteiger partial charge in [-0.3, -0.25) is 0 Å². The van der Waals surface area contributed by atoms with Crippen LogP contribution in [0, 0.1) is 0 Å². The van der Waals surface area contributed by atoms with Crippen molar-refractivity contribution in [2.75, 3.05) is 13.7 Å². The molecule has 166 valence electrons. The van der Waals surface area contributed by atoms with E-state index >= 15 is 0 Å². The van der Waals surface area contributed by atoms with Crippen molar-refractivity contribution in [3.8, 4) is 0 Å². The Morgan fingerprint density at radius 2 is 1.76 bits per heavy atom. The highest BCUT2D eigenvalue weighted by Crippen LogP contribution is 2.37. The lowest BCUT2D eigenvalue weighted by Crippen LogP contribution is -2.66. The maximum absolute atomic E-state index is 10.8. The molecule has 1 aromatic rings. The Balaban J connectivity index is 2.29. The van der Waals surface area contributed by atoms with Gasteiger partial charge in [-0.15, -0.1) is 0 Å². The maximum atomic E-state index is 10.8. The van der Waals surface area contributed by atoms with Crippen LogP contribution in [0.3, 0.4) is 0 Å². The van der Waals surface area contributed by atoms with E-state index in [-0.39, 0.29) is 11.6 Å². The lowest BCUT2D eigenvalue weighted by atomic mass is 9.89. The first-order valence-electron chi connectivity index (χ1n) is 10.4. The molecule has 1 fully saturated rings. The van der Waals surface area contributed by atoms with Crippen molar-refractivity contribution < 1.29 is 23.7 Å². The van der Waals surface area contributed by atoms with Gasteiger partial charge in [0.05, 0.1) is 12.2 Å². The van der Waals surface area contributed by atoms with E-state index in [2.05, 4.69) is 20.8 Å². The van der Waals surface area contributed by atoms with Gasteiger partial charge in [-0.1, -0.05) is 58.0 Å². The number of nitrogens with two attached hydrogens (primary N) is 1. The maximum Gasteiger partial charge on any atom is 0.305 e. The summed E-state index contributed by atoms with van der Waals surface area (Å²) >= 11 is 0. The molecule has 0 saturated carbocycles. The van der Waals surface area contributed by atoms with Gasteiger partial charge in [0.1, 0.15) is 18.3 Å². The summed E-state index contributed by atoms with van der Waals surface area (Å²) in [4.78, 5) is 0. The van der Waals surface area contributed by atoms with Gasteiger partial charge in [0.15, 0.2) is 5.79 Å². The van der Waals surface area contributed by atoms with Crippen molar-refractivity contribution in [2.45, 2.75) is 89.6 Å². The molecule has 3 N–H and O–H groups in total. The second-order valence-corrected chi connectivity index (χ2v) is 13.5. The second-order valence-electron chi connectivity index (χ2n) is 9.67. The third-order valence-corrected chi connectivity index (χ3v) is 9.94. The van der Waals surface area contributed by atoms with E-state index in [0.717, 1.165) is 5.19 Å². The predicted octanol–water partition coefficient (Wildman–Crippen LogP) is 2.81. The van der Waals surface area contributed by atoms with E-state index in [0.29, 0.717) is 6.42 Å². The van der Waals surface area contributed by atoms with Crippen LogP contribution in [0.15, 0.2) is 30.3 Å². The number of ether oxygens (including phenoxy) is 3. The zero-order chi connectivity index (χ0) is 22.1. The Kier molecular flexibility index (Phi) is 7.38. The Hall–Kier alpha value is -0.803. The Labute approximate surface area is 176 Å². The van der Waals surface area contributed by atoms with Crippen LogP contribution < -0.4 is 10.6 Å². The Morgan fingerprint density at radius 3 is 2.24 bits per heavy atom. The monoisotopic (exact) mass is 425 g/mol. The molecular weight excluding hydrogens is 386 g/mol. The summed E-state index contributed by atoms with van der Waals surface area (Å²) in [7, 11) is -1.22. The van der Waals surface area contributed by atoms with Crippen molar-refractivity contribution in [3.63, 3.8) is 0 Å². The quantitative estimate of drug-likeness (QED) is 0.623. The molecule has 0 amide bonds. The fourth-order valence-corrected chi connectivity index (χ4v) is 6.40. The number of aliphatic hydroxyl groups is 1. The zero-order valence-electron chi connectivity index (χ0n) is 19.2. The van der Waals surface area contributed by atoms with Crippen LogP contribution >= 0.6 is 0 Å². The molecule has 1 heterocycles. The topological polar surface area (TPSA) is 83.2 Å². The molecule has 1 saturated heterocycles.